The number of benzene rings is 1. The van der Waals surface area contributed by atoms with E-state index in [0.717, 1.165) is 31.4 Å². The summed E-state index contributed by atoms with van der Waals surface area (Å²) in [6.07, 6.45) is 3.32. The van der Waals surface area contributed by atoms with Crippen LogP contribution in [0.1, 0.15) is 42.5 Å². The lowest BCUT2D eigenvalue weighted by molar-refractivity contribution is 0.526. The topological polar surface area (TPSA) is 12.0 Å². The van der Waals surface area contributed by atoms with Crippen LogP contribution in [0, 0.1) is 12.7 Å². The zero-order valence-corrected chi connectivity index (χ0v) is 9.44. The first kappa shape index (κ1) is 10.6. The molecule has 2 rings (SSSR count). The molecule has 15 heavy (non-hydrogen) atoms. The fourth-order valence-electron chi connectivity index (χ4n) is 2.43. The fraction of sp³-hybridized carbons (Fsp3) is 0.538. The van der Waals surface area contributed by atoms with Crippen molar-refractivity contribution in [3.8, 4) is 0 Å². The molecule has 1 nitrogen and oxygen atoms in total. The number of fused-ring (bicyclic) bond motifs is 1. The molecular formula is C13H18FN. The number of rotatable bonds is 3. The molecule has 0 saturated carbocycles. The Morgan fingerprint density at radius 3 is 3.00 bits per heavy atom. The first-order valence-corrected chi connectivity index (χ1v) is 5.74. The van der Waals surface area contributed by atoms with Crippen molar-refractivity contribution in [2.75, 3.05) is 6.54 Å². The summed E-state index contributed by atoms with van der Waals surface area (Å²) in [7, 11) is 0. The van der Waals surface area contributed by atoms with Gasteiger partial charge in [0.05, 0.1) is 0 Å². The lowest BCUT2D eigenvalue weighted by Crippen LogP contribution is -2.19. The van der Waals surface area contributed by atoms with Gasteiger partial charge in [0.15, 0.2) is 0 Å². The molecule has 1 aromatic carbocycles. The maximum absolute atomic E-state index is 13.3. The third-order valence-electron chi connectivity index (χ3n) is 3.17. The molecular weight excluding hydrogens is 189 g/mol. The number of hydrogen-bond acceptors (Lipinski definition) is 1. The quantitative estimate of drug-likeness (QED) is 0.803. The summed E-state index contributed by atoms with van der Waals surface area (Å²) in [6, 6.07) is 3.71. The van der Waals surface area contributed by atoms with Crippen LogP contribution in [0.15, 0.2) is 12.1 Å². The molecule has 0 aliphatic heterocycles. The molecule has 2 heteroatoms. The van der Waals surface area contributed by atoms with Crippen LogP contribution in [-0.4, -0.2) is 6.54 Å². The predicted octanol–water partition coefficient (Wildman–Crippen LogP) is 3.12. The molecule has 1 aliphatic rings. The molecule has 82 valence electrons. The molecule has 0 aromatic heterocycles. The largest absolute Gasteiger partial charge is 0.310 e. The molecule has 1 N–H and O–H groups in total. The van der Waals surface area contributed by atoms with E-state index in [9.17, 15) is 4.39 Å². The van der Waals surface area contributed by atoms with Crippen LogP contribution in [0.25, 0.3) is 0 Å². The van der Waals surface area contributed by atoms with E-state index < -0.39 is 0 Å². The van der Waals surface area contributed by atoms with Gasteiger partial charge in [0, 0.05) is 6.04 Å². The van der Waals surface area contributed by atoms with Gasteiger partial charge in [-0.05, 0) is 61.6 Å². The van der Waals surface area contributed by atoms with Crippen molar-refractivity contribution in [1.29, 1.82) is 0 Å². The number of nitrogens with one attached hydrogen (secondary N) is 1. The van der Waals surface area contributed by atoms with Crippen molar-refractivity contribution in [2.45, 2.75) is 39.2 Å². The number of halogens is 1. The zero-order chi connectivity index (χ0) is 10.8. The van der Waals surface area contributed by atoms with E-state index in [1.807, 2.05) is 6.92 Å². The Balaban J connectivity index is 2.25. The Bertz CT molecular complexity index is 360. The van der Waals surface area contributed by atoms with Crippen LogP contribution >= 0.6 is 0 Å². The highest BCUT2D eigenvalue weighted by atomic mass is 19.1. The molecule has 0 heterocycles. The fourth-order valence-corrected chi connectivity index (χ4v) is 2.43. The van der Waals surface area contributed by atoms with E-state index >= 15 is 0 Å². The minimum atomic E-state index is -0.101. The Labute approximate surface area is 90.7 Å². The van der Waals surface area contributed by atoms with Crippen LogP contribution in [0.3, 0.4) is 0 Å². The summed E-state index contributed by atoms with van der Waals surface area (Å²) < 4.78 is 13.3. The molecule has 1 atom stereocenters. The Morgan fingerprint density at radius 1 is 1.47 bits per heavy atom. The lowest BCUT2D eigenvalue weighted by Gasteiger charge is -2.13. The number of hydrogen-bond donors (Lipinski definition) is 1. The van der Waals surface area contributed by atoms with Gasteiger partial charge in [0.2, 0.25) is 0 Å². The van der Waals surface area contributed by atoms with Crippen LogP contribution in [-0.2, 0) is 6.42 Å². The van der Waals surface area contributed by atoms with Crippen molar-refractivity contribution < 1.29 is 4.39 Å². The predicted molar refractivity (Wildman–Crippen MR) is 60.5 cm³/mol. The maximum atomic E-state index is 13.3. The van der Waals surface area contributed by atoms with Gasteiger partial charge >= 0.3 is 0 Å². The third-order valence-corrected chi connectivity index (χ3v) is 3.17. The van der Waals surface area contributed by atoms with Gasteiger partial charge in [-0.2, -0.15) is 0 Å². The Morgan fingerprint density at radius 2 is 2.27 bits per heavy atom. The van der Waals surface area contributed by atoms with Crippen molar-refractivity contribution in [3.05, 3.63) is 34.6 Å². The van der Waals surface area contributed by atoms with Gasteiger partial charge < -0.3 is 5.32 Å². The van der Waals surface area contributed by atoms with E-state index in [2.05, 4.69) is 12.2 Å². The highest BCUT2D eigenvalue weighted by Gasteiger charge is 2.23. The average Bonchev–Trinajstić information content (AvgIpc) is 2.58. The molecule has 0 spiro atoms. The maximum Gasteiger partial charge on any atom is 0.123 e. The lowest BCUT2D eigenvalue weighted by atomic mass is 10.0. The molecule has 0 saturated heterocycles. The van der Waals surface area contributed by atoms with E-state index in [1.165, 1.54) is 11.1 Å². The second-order valence-corrected chi connectivity index (χ2v) is 4.34. The minimum absolute atomic E-state index is 0.101. The smallest absolute Gasteiger partial charge is 0.123 e. The van der Waals surface area contributed by atoms with Crippen LogP contribution in [0.2, 0.25) is 0 Å². The normalized spacial score (nSPS) is 19.3. The summed E-state index contributed by atoms with van der Waals surface area (Å²) in [5.74, 6) is -0.101. The van der Waals surface area contributed by atoms with Gasteiger partial charge in [-0.15, -0.1) is 0 Å². The van der Waals surface area contributed by atoms with E-state index in [-0.39, 0.29) is 5.82 Å². The molecule has 1 aromatic rings. The van der Waals surface area contributed by atoms with Gasteiger partial charge in [0.25, 0.3) is 0 Å². The highest BCUT2D eigenvalue weighted by molar-refractivity contribution is 5.40. The molecule has 0 bridgehead atoms. The number of aryl methyl sites for hydroxylation is 1. The van der Waals surface area contributed by atoms with E-state index in [1.54, 1.807) is 12.1 Å². The monoisotopic (exact) mass is 207 g/mol. The van der Waals surface area contributed by atoms with Gasteiger partial charge in [-0.1, -0.05) is 6.92 Å². The van der Waals surface area contributed by atoms with Gasteiger partial charge in [0.1, 0.15) is 5.82 Å². The van der Waals surface area contributed by atoms with Crippen LogP contribution in [0.5, 0.6) is 0 Å². The SMILES string of the molecule is CCCNC1CCc2c(C)cc(F)cc21. The molecule has 1 aliphatic carbocycles. The van der Waals surface area contributed by atoms with Crippen LogP contribution < -0.4 is 5.32 Å². The zero-order valence-electron chi connectivity index (χ0n) is 9.44. The minimum Gasteiger partial charge on any atom is -0.310 e. The Kier molecular flexibility index (Phi) is 3.06. The third kappa shape index (κ3) is 2.05. The average molecular weight is 207 g/mol. The van der Waals surface area contributed by atoms with E-state index in [4.69, 9.17) is 0 Å². The standard InChI is InChI=1S/C13H18FN/c1-3-6-15-13-5-4-11-9(2)7-10(14)8-12(11)13/h7-8,13,15H,3-6H2,1-2H3. The summed E-state index contributed by atoms with van der Waals surface area (Å²) in [4.78, 5) is 0. The summed E-state index contributed by atoms with van der Waals surface area (Å²) in [6.45, 7) is 5.17. The van der Waals surface area contributed by atoms with Gasteiger partial charge in [-0.25, -0.2) is 4.39 Å². The summed E-state index contributed by atoms with van der Waals surface area (Å²) in [5, 5.41) is 3.48. The Hall–Kier alpha value is -0.890. The second-order valence-electron chi connectivity index (χ2n) is 4.34. The van der Waals surface area contributed by atoms with Crippen molar-refractivity contribution >= 4 is 0 Å². The molecule has 0 amide bonds. The van der Waals surface area contributed by atoms with E-state index in [0.29, 0.717) is 6.04 Å². The first-order valence-electron chi connectivity index (χ1n) is 5.74. The van der Waals surface area contributed by atoms with Gasteiger partial charge in [-0.3, -0.25) is 0 Å². The van der Waals surface area contributed by atoms with Crippen molar-refractivity contribution in [1.82, 2.24) is 5.32 Å². The van der Waals surface area contributed by atoms with Crippen molar-refractivity contribution in [3.63, 3.8) is 0 Å². The summed E-state index contributed by atoms with van der Waals surface area (Å²) >= 11 is 0. The first-order chi connectivity index (χ1) is 7.22. The molecule has 0 fully saturated rings. The molecule has 1 unspecified atom stereocenters. The van der Waals surface area contributed by atoms with Crippen LogP contribution in [0.4, 0.5) is 4.39 Å². The van der Waals surface area contributed by atoms with Crippen molar-refractivity contribution in [2.24, 2.45) is 0 Å². The second kappa shape index (κ2) is 4.31. The molecule has 0 radical (unpaired) electrons. The summed E-state index contributed by atoms with van der Waals surface area (Å²) in [5.41, 5.74) is 3.64. The highest BCUT2D eigenvalue weighted by Crippen LogP contribution is 2.33.